The van der Waals surface area contributed by atoms with Crippen LogP contribution < -0.4 is 0 Å². The van der Waals surface area contributed by atoms with Crippen molar-refractivity contribution in [1.29, 1.82) is 0 Å². The number of pyridine rings is 1. The molecule has 6 rings (SSSR count). The summed E-state index contributed by atoms with van der Waals surface area (Å²) in [5, 5.41) is 2.37. The third-order valence-corrected chi connectivity index (χ3v) is 6.03. The van der Waals surface area contributed by atoms with E-state index < -0.39 is 0 Å². The highest BCUT2D eigenvalue weighted by Gasteiger charge is 2.42. The van der Waals surface area contributed by atoms with Gasteiger partial charge in [0.25, 0.3) is 0 Å². The van der Waals surface area contributed by atoms with Gasteiger partial charge in [0.05, 0.1) is 11.2 Å². The fourth-order valence-corrected chi connectivity index (χ4v) is 4.82. The van der Waals surface area contributed by atoms with Crippen LogP contribution in [0.2, 0.25) is 0 Å². The minimum atomic E-state index is -0.152. The molecule has 0 spiro atoms. The standard InChI is InChI=1S/C26H19NO/c1-26(2)23-17(21-15-14-16-8-3-5-12-20(16)27-21)10-7-11-19(23)25-24(26)18-9-4-6-13-22(18)28-25/h3-15H,1-2H3. The first-order valence-corrected chi connectivity index (χ1v) is 9.66. The van der Waals surface area contributed by atoms with E-state index in [9.17, 15) is 0 Å². The average molecular weight is 361 g/mol. The monoisotopic (exact) mass is 361 g/mol. The number of nitrogens with zero attached hydrogens (tertiary/aromatic N) is 1. The Balaban J connectivity index is 1.65. The van der Waals surface area contributed by atoms with Gasteiger partial charge in [0.15, 0.2) is 0 Å². The van der Waals surface area contributed by atoms with Gasteiger partial charge in [0.1, 0.15) is 11.3 Å². The van der Waals surface area contributed by atoms with Gasteiger partial charge in [-0.15, -0.1) is 0 Å². The van der Waals surface area contributed by atoms with Crippen LogP contribution in [0.3, 0.4) is 0 Å². The van der Waals surface area contributed by atoms with E-state index in [2.05, 4.69) is 80.6 Å². The fourth-order valence-electron chi connectivity index (χ4n) is 4.82. The van der Waals surface area contributed by atoms with Gasteiger partial charge in [0, 0.05) is 32.9 Å². The van der Waals surface area contributed by atoms with Crippen molar-refractivity contribution < 1.29 is 4.42 Å². The first-order valence-electron chi connectivity index (χ1n) is 9.66. The van der Waals surface area contributed by atoms with Crippen LogP contribution in [-0.4, -0.2) is 4.98 Å². The second-order valence-electron chi connectivity index (χ2n) is 8.04. The summed E-state index contributed by atoms with van der Waals surface area (Å²) in [5.41, 5.74) is 7.80. The van der Waals surface area contributed by atoms with Crippen LogP contribution in [0.25, 0.3) is 44.5 Å². The van der Waals surface area contributed by atoms with Crippen LogP contribution in [0.4, 0.5) is 0 Å². The van der Waals surface area contributed by atoms with E-state index in [1.807, 2.05) is 12.1 Å². The smallest absolute Gasteiger partial charge is 0.139 e. The van der Waals surface area contributed by atoms with Gasteiger partial charge in [-0.3, -0.25) is 0 Å². The molecule has 0 amide bonds. The van der Waals surface area contributed by atoms with Gasteiger partial charge in [-0.1, -0.05) is 74.5 Å². The lowest BCUT2D eigenvalue weighted by Gasteiger charge is -2.24. The van der Waals surface area contributed by atoms with Crippen molar-refractivity contribution in [1.82, 2.24) is 4.98 Å². The minimum absolute atomic E-state index is 0.152. The number of rotatable bonds is 1. The lowest BCUT2D eigenvalue weighted by atomic mass is 9.78. The van der Waals surface area contributed by atoms with Gasteiger partial charge in [-0.25, -0.2) is 4.98 Å². The summed E-state index contributed by atoms with van der Waals surface area (Å²) in [4.78, 5) is 4.97. The highest BCUT2D eigenvalue weighted by molar-refractivity contribution is 5.97. The van der Waals surface area contributed by atoms with Crippen molar-refractivity contribution in [2.45, 2.75) is 19.3 Å². The molecule has 0 atom stereocenters. The lowest BCUT2D eigenvalue weighted by Crippen LogP contribution is -2.16. The molecule has 28 heavy (non-hydrogen) atoms. The highest BCUT2D eigenvalue weighted by Crippen LogP contribution is 2.55. The maximum absolute atomic E-state index is 6.31. The molecule has 0 bridgehead atoms. The Morgan fingerprint density at radius 1 is 0.714 bits per heavy atom. The van der Waals surface area contributed by atoms with Crippen LogP contribution in [0.1, 0.15) is 25.0 Å². The molecule has 0 fully saturated rings. The fraction of sp³-hybridized carbons (Fsp3) is 0.115. The molecule has 0 saturated carbocycles. The Hall–Kier alpha value is -3.39. The van der Waals surface area contributed by atoms with Gasteiger partial charge < -0.3 is 4.42 Å². The largest absolute Gasteiger partial charge is 0.456 e. The maximum Gasteiger partial charge on any atom is 0.139 e. The molecule has 0 unspecified atom stereocenters. The van der Waals surface area contributed by atoms with Crippen molar-refractivity contribution in [3.63, 3.8) is 0 Å². The Bertz CT molecular complexity index is 1390. The van der Waals surface area contributed by atoms with E-state index in [1.165, 1.54) is 27.6 Å². The normalized spacial score (nSPS) is 14.4. The second kappa shape index (κ2) is 5.32. The molecular formula is C26H19NO. The number of aromatic nitrogens is 1. The molecule has 0 saturated heterocycles. The summed E-state index contributed by atoms with van der Waals surface area (Å²) >= 11 is 0. The summed E-state index contributed by atoms with van der Waals surface area (Å²) in [6.45, 7) is 4.59. The van der Waals surface area contributed by atoms with Gasteiger partial charge in [-0.2, -0.15) is 0 Å². The van der Waals surface area contributed by atoms with Crippen LogP contribution in [0, 0.1) is 0 Å². The number of fused-ring (bicyclic) bond motifs is 6. The van der Waals surface area contributed by atoms with Crippen LogP contribution >= 0.6 is 0 Å². The SMILES string of the molecule is CC1(C)c2c(-c3ccc4ccccc4n3)cccc2-c2oc3ccccc3c21. The molecule has 2 nitrogen and oxygen atoms in total. The molecule has 3 aromatic carbocycles. The third kappa shape index (κ3) is 1.95. The zero-order valence-electron chi connectivity index (χ0n) is 15.9. The van der Waals surface area contributed by atoms with Crippen LogP contribution in [-0.2, 0) is 5.41 Å². The van der Waals surface area contributed by atoms with E-state index >= 15 is 0 Å². The number of benzene rings is 3. The lowest BCUT2D eigenvalue weighted by molar-refractivity contribution is 0.619. The van der Waals surface area contributed by atoms with E-state index in [1.54, 1.807) is 0 Å². The Morgan fingerprint density at radius 2 is 1.50 bits per heavy atom. The van der Waals surface area contributed by atoms with Crippen LogP contribution in [0.5, 0.6) is 0 Å². The molecule has 2 heteroatoms. The molecule has 0 radical (unpaired) electrons. The predicted octanol–water partition coefficient (Wildman–Crippen LogP) is 6.95. The van der Waals surface area contributed by atoms with E-state index in [-0.39, 0.29) is 5.41 Å². The minimum Gasteiger partial charge on any atom is -0.456 e. The maximum atomic E-state index is 6.31. The molecule has 2 aromatic heterocycles. The van der Waals surface area contributed by atoms with Crippen LogP contribution in [0.15, 0.2) is 83.3 Å². The summed E-state index contributed by atoms with van der Waals surface area (Å²) in [6.07, 6.45) is 0. The van der Waals surface area contributed by atoms with Gasteiger partial charge >= 0.3 is 0 Å². The molecule has 1 aliphatic rings. The van der Waals surface area contributed by atoms with Crippen molar-refractivity contribution in [2.24, 2.45) is 0 Å². The Morgan fingerprint density at radius 3 is 2.43 bits per heavy atom. The van der Waals surface area contributed by atoms with Crippen molar-refractivity contribution in [3.8, 4) is 22.6 Å². The quantitative estimate of drug-likeness (QED) is 0.323. The number of furan rings is 1. The summed E-state index contributed by atoms with van der Waals surface area (Å²) < 4.78 is 6.31. The van der Waals surface area contributed by atoms with E-state index in [4.69, 9.17) is 9.40 Å². The topological polar surface area (TPSA) is 26.0 Å². The average Bonchev–Trinajstić information content (AvgIpc) is 3.22. The summed E-state index contributed by atoms with van der Waals surface area (Å²) in [5.74, 6) is 1.00. The van der Waals surface area contributed by atoms with Crippen molar-refractivity contribution in [2.75, 3.05) is 0 Å². The number of hydrogen-bond acceptors (Lipinski definition) is 2. The first kappa shape index (κ1) is 15.6. The van der Waals surface area contributed by atoms with E-state index in [0.29, 0.717) is 0 Å². The molecular weight excluding hydrogens is 342 g/mol. The Labute approximate surface area is 163 Å². The molecule has 5 aromatic rings. The Kier molecular flexibility index (Phi) is 2.98. The predicted molar refractivity (Wildman–Crippen MR) is 115 cm³/mol. The zero-order chi connectivity index (χ0) is 18.9. The first-order chi connectivity index (χ1) is 13.6. The second-order valence-corrected chi connectivity index (χ2v) is 8.04. The van der Waals surface area contributed by atoms with E-state index in [0.717, 1.165) is 27.9 Å². The molecule has 2 heterocycles. The molecule has 0 N–H and O–H groups in total. The highest BCUT2D eigenvalue weighted by atomic mass is 16.3. The molecule has 1 aliphatic carbocycles. The van der Waals surface area contributed by atoms with Crippen molar-refractivity contribution >= 4 is 21.9 Å². The van der Waals surface area contributed by atoms with Gasteiger partial charge in [-0.05, 0) is 23.8 Å². The summed E-state index contributed by atoms with van der Waals surface area (Å²) in [6, 6.07) is 27.4. The van der Waals surface area contributed by atoms with Gasteiger partial charge in [0.2, 0.25) is 0 Å². The third-order valence-electron chi connectivity index (χ3n) is 6.03. The molecule has 0 aliphatic heterocycles. The van der Waals surface area contributed by atoms with Crippen molar-refractivity contribution in [3.05, 3.63) is 90.0 Å². The molecule has 134 valence electrons. The zero-order valence-corrected chi connectivity index (χ0v) is 15.9. The summed E-state index contributed by atoms with van der Waals surface area (Å²) in [7, 11) is 0. The number of hydrogen-bond donors (Lipinski definition) is 0. The number of para-hydroxylation sites is 2.